The van der Waals surface area contributed by atoms with Gasteiger partial charge in [-0.25, -0.2) is 4.98 Å². The lowest BCUT2D eigenvalue weighted by atomic mass is 9.97. The second kappa shape index (κ2) is 5.57. The molecule has 1 aromatic heterocycles. The average Bonchev–Trinajstić information content (AvgIpc) is 2.82. The van der Waals surface area contributed by atoms with Crippen molar-refractivity contribution < 1.29 is 5.11 Å². The van der Waals surface area contributed by atoms with E-state index in [1.54, 1.807) is 6.20 Å². The Bertz CT molecular complexity index is 572. The first-order valence-electron chi connectivity index (χ1n) is 6.81. The van der Waals surface area contributed by atoms with Crippen molar-refractivity contribution in [1.82, 2.24) is 9.55 Å². The van der Waals surface area contributed by atoms with Gasteiger partial charge >= 0.3 is 0 Å². The molecule has 0 saturated heterocycles. The fraction of sp³-hybridized carbons (Fsp3) is 0.438. The molecule has 0 aliphatic carbocycles. The number of hydrogen-bond donors (Lipinski definition) is 1. The van der Waals surface area contributed by atoms with E-state index in [9.17, 15) is 5.11 Å². The molecule has 2 rings (SSSR count). The van der Waals surface area contributed by atoms with E-state index < -0.39 is 6.10 Å². The summed E-state index contributed by atoms with van der Waals surface area (Å²) in [4.78, 5) is 4.32. The number of benzene rings is 1. The van der Waals surface area contributed by atoms with Crippen molar-refractivity contribution >= 4 is 0 Å². The molecule has 102 valence electrons. The molecule has 0 amide bonds. The highest BCUT2D eigenvalue weighted by atomic mass is 16.3. The van der Waals surface area contributed by atoms with E-state index >= 15 is 0 Å². The van der Waals surface area contributed by atoms with E-state index in [1.165, 1.54) is 11.1 Å². The molecule has 1 N–H and O–H groups in total. The molecule has 19 heavy (non-hydrogen) atoms. The van der Waals surface area contributed by atoms with Crippen LogP contribution in [0, 0.1) is 20.8 Å². The van der Waals surface area contributed by atoms with Crippen LogP contribution in [0.2, 0.25) is 0 Å². The van der Waals surface area contributed by atoms with Gasteiger partial charge in [0.1, 0.15) is 11.9 Å². The molecule has 0 bridgehead atoms. The summed E-state index contributed by atoms with van der Waals surface area (Å²) < 4.78 is 2.03. The highest BCUT2D eigenvalue weighted by molar-refractivity contribution is 5.39. The zero-order chi connectivity index (χ0) is 14.0. The number of aliphatic hydroxyl groups is 1. The topological polar surface area (TPSA) is 38.0 Å². The monoisotopic (exact) mass is 258 g/mol. The third kappa shape index (κ3) is 2.71. The van der Waals surface area contributed by atoms with Crippen molar-refractivity contribution in [3.8, 4) is 0 Å². The van der Waals surface area contributed by atoms with Crippen LogP contribution in [0.15, 0.2) is 24.5 Å². The molecule has 0 spiro atoms. The van der Waals surface area contributed by atoms with Crippen LogP contribution in [0.5, 0.6) is 0 Å². The maximum atomic E-state index is 10.6. The van der Waals surface area contributed by atoms with Crippen LogP contribution in [0.4, 0.5) is 0 Å². The standard InChI is InChI=1S/C16H22N2O/c1-5-7-18-8-6-17-16(18)15(19)14-10-12(3)11(2)9-13(14)4/h6,8-10,15,19H,5,7H2,1-4H3. The van der Waals surface area contributed by atoms with Crippen LogP contribution >= 0.6 is 0 Å². The number of rotatable bonds is 4. The lowest BCUT2D eigenvalue weighted by molar-refractivity contribution is 0.203. The summed E-state index contributed by atoms with van der Waals surface area (Å²) >= 11 is 0. The normalized spacial score (nSPS) is 12.7. The quantitative estimate of drug-likeness (QED) is 0.913. The van der Waals surface area contributed by atoms with E-state index in [0.717, 1.165) is 29.9 Å². The molecular weight excluding hydrogens is 236 g/mol. The van der Waals surface area contributed by atoms with Crippen molar-refractivity contribution in [3.63, 3.8) is 0 Å². The number of nitrogens with zero attached hydrogens (tertiary/aromatic N) is 2. The van der Waals surface area contributed by atoms with Gasteiger partial charge in [-0.1, -0.05) is 19.1 Å². The molecule has 3 nitrogen and oxygen atoms in total. The third-order valence-electron chi connectivity index (χ3n) is 3.63. The highest BCUT2D eigenvalue weighted by Gasteiger charge is 2.18. The summed E-state index contributed by atoms with van der Waals surface area (Å²) in [6.45, 7) is 9.21. The Morgan fingerprint density at radius 1 is 1.16 bits per heavy atom. The van der Waals surface area contributed by atoms with Crippen molar-refractivity contribution in [2.24, 2.45) is 0 Å². The van der Waals surface area contributed by atoms with Crippen molar-refractivity contribution in [2.75, 3.05) is 0 Å². The van der Waals surface area contributed by atoms with Crippen LogP contribution < -0.4 is 0 Å². The first-order valence-corrected chi connectivity index (χ1v) is 6.81. The lowest BCUT2D eigenvalue weighted by Crippen LogP contribution is -2.11. The van der Waals surface area contributed by atoms with Crippen LogP contribution in [0.1, 0.15) is 47.5 Å². The fourth-order valence-electron chi connectivity index (χ4n) is 2.41. The Labute approximate surface area is 114 Å². The number of hydrogen-bond acceptors (Lipinski definition) is 2. The number of aliphatic hydroxyl groups excluding tert-OH is 1. The smallest absolute Gasteiger partial charge is 0.142 e. The SMILES string of the molecule is CCCn1ccnc1C(O)c1cc(C)c(C)cc1C. The van der Waals surface area contributed by atoms with E-state index in [-0.39, 0.29) is 0 Å². The van der Waals surface area contributed by atoms with Crippen LogP contribution in [-0.4, -0.2) is 14.7 Å². The number of imidazole rings is 1. The maximum Gasteiger partial charge on any atom is 0.142 e. The molecule has 3 heteroatoms. The second-order valence-corrected chi connectivity index (χ2v) is 5.17. The maximum absolute atomic E-state index is 10.6. The van der Waals surface area contributed by atoms with Crippen molar-refractivity contribution in [2.45, 2.75) is 46.8 Å². The minimum absolute atomic E-state index is 0.652. The Balaban J connectivity index is 2.41. The minimum atomic E-state index is -0.652. The minimum Gasteiger partial charge on any atom is -0.380 e. The predicted octanol–water partition coefficient (Wildman–Crippen LogP) is 3.30. The Hall–Kier alpha value is -1.61. The molecule has 0 saturated carbocycles. The Morgan fingerprint density at radius 3 is 2.53 bits per heavy atom. The van der Waals surface area contributed by atoms with Gasteiger partial charge in [-0.2, -0.15) is 0 Å². The molecule has 0 aliphatic rings. The van der Waals surface area contributed by atoms with Crippen molar-refractivity contribution in [1.29, 1.82) is 0 Å². The number of aryl methyl sites for hydroxylation is 4. The summed E-state index contributed by atoms with van der Waals surface area (Å²) in [5.74, 6) is 0.730. The number of aromatic nitrogens is 2. The van der Waals surface area contributed by atoms with Crippen LogP contribution in [0.3, 0.4) is 0 Å². The van der Waals surface area contributed by atoms with Gasteiger partial charge in [-0.3, -0.25) is 0 Å². The highest BCUT2D eigenvalue weighted by Crippen LogP contribution is 2.26. The first-order chi connectivity index (χ1) is 9.04. The summed E-state index contributed by atoms with van der Waals surface area (Å²) in [6.07, 6.45) is 4.06. The van der Waals surface area contributed by atoms with Crippen LogP contribution in [0.25, 0.3) is 0 Å². The van der Waals surface area contributed by atoms with Gasteiger partial charge in [0.2, 0.25) is 0 Å². The zero-order valence-corrected chi connectivity index (χ0v) is 12.1. The average molecular weight is 258 g/mol. The van der Waals surface area contributed by atoms with E-state index in [0.29, 0.717) is 0 Å². The summed E-state index contributed by atoms with van der Waals surface area (Å²) in [5.41, 5.74) is 4.52. The molecule has 1 aromatic carbocycles. The summed E-state index contributed by atoms with van der Waals surface area (Å²) in [6, 6.07) is 4.20. The summed E-state index contributed by atoms with van der Waals surface area (Å²) in [5, 5.41) is 10.6. The molecule has 1 atom stereocenters. The van der Waals surface area contributed by atoms with Crippen LogP contribution in [-0.2, 0) is 6.54 Å². The molecule has 1 heterocycles. The van der Waals surface area contributed by atoms with Gasteiger partial charge in [0.05, 0.1) is 0 Å². The van der Waals surface area contributed by atoms with E-state index in [2.05, 4.69) is 37.9 Å². The van der Waals surface area contributed by atoms with Gasteiger partial charge in [0, 0.05) is 18.9 Å². The molecule has 0 radical (unpaired) electrons. The van der Waals surface area contributed by atoms with Crippen molar-refractivity contribution in [3.05, 3.63) is 52.6 Å². The fourth-order valence-corrected chi connectivity index (χ4v) is 2.41. The lowest BCUT2D eigenvalue weighted by Gasteiger charge is -2.17. The first kappa shape index (κ1) is 13.8. The third-order valence-corrected chi connectivity index (χ3v) is 3.63. The molecule has 1 unspecified atom stereocenters. The predicted molar refractivity (Wildman–Crippen MR) is 77.2 cm³/mol. The summed E-state index contributed by atoms with van der Waals surface area (Å²) in [7, 11) is 0. The van der Waals surface area contributed by atoms with Gasteiger partial charge in [-0.05, 0) is 49.4 Å². The largest absolute Gasteiger partial charge is 0.380 e. The van der Waals surface area contributed by atoms with E-state index in [1.807, 2.05) is 17.7 Å². The van der Waals surface area contributed by atoms with Gasteiger partial charge in [0.15, 0.2) is 0 Å². The van der Waals surface area contributed by atoms with Gasteiger partial charge in [-0.15, -0.1) is 0 Å². The molecule has 0 fully saturated rings. The molecule has 0 aliphatic heterocycles. The zero-order valence-electron chi connectivity index (χ0n) is 12.1. The Morgan fingerprint density at radius 2 is 1.84 bits per heavy atom. The second-order valence-electron chi connectivity index (χ2n) is 5.17. The van der Waals surface area contributed by atoms with E-state index in [4.69, 9.17) is 0 Å². The molecule has 2 aromatic rings. The van der Waals surface area contributed by atoms with Gasteiger partial charge < -0.3 is 9.67 Å². The van der Waals surface area contributed by atoms with Gasteiger partial charge in [0.25, 0.3) is 0 Å². The molecular formula is C16H22N2O. The Kier molecular flexibility index (Phi) is 4.05.